The van der Waals surface area contributed by atoms with Crippen molar-refractivity contribution in [2.24, 2.45) is 11.1 Å². The number of aromatic nitrogens is 6. The number of carbonyl (C=O) groups excluding carboxylic acids is 1. The summed E-state index contributed by atoms with van der Waals surface area (Å²) in [6, 6.07) is 14.9. The van der Waals surface area contributed by atoms with E-state index in [0.29, 0.717) is 70.6 Å². The largest absolute Gasteiger partial charge is 0.388 e. The molecule has 0 saturated carbocycles. The lowest BCUT2D eigenvalue weighted by Gasteiger charge is -2.37. The summed E-state index contributed by atoms with van der Waals surface area (Å²) in [5.74, 6) is 1.61. The number of anilines is 1. The number of fused-ring (bicyclic) bond motifs is 1. The monoisotopic (exact) mass is 576 g/mol. The number of hydrogen-bond acceptors (Lipinski definition) is 7. The molecule has 0 spiro atoms. The Hall–Kier alpha value is -3.99. The third-order valence-corrected chi connectivity index (χ3v) is 8.09. The maximum absolute atomic E-state index is 12.1. The fraction of sp³-hybridized carbons (Fsp3) is 0.250. The van der Waals surface area contributed by atoms with Crippen molar-refractivity contribution < 1.29 is 9.90 Å². The SMILES string of the molecule is CC1(C(N)=O)CCN(c2nc(-n3ccnc3CO)nc3c2nc(-c2ccccc2Cl)n3-c2ccc(Cl)cc2)CC1. The molecule has 1 fully saturated rings. The number of amides is 1. The van der Waals surface area contributed by atoms with E-state index in [9.17, 15) is 9.90 Å². The van der Waals surface area contributed by atoms with Gasteiger partial charge in [0.1, 0.15) is 18.3 Å². The van der Waals surface area contributed by atoms with Crippen LogP contribution < -0.4 is 10.6 Å². The summed E-state index contributed by atoms with van der Waals surface area (Å²) in [4.78, 5) is 33.4. The molecule has 1 amide bonds. The highest BCUT2D eigenvalue weighted by atomic mass is 35.5. The van der Waals surface area contributed by atoms with Crippen LogP contribution in [0.1, 0.15) is 25.6 Å². The third-order valence-electron chi connectivity index (χ3n) is 7.51. The molecule has 1 aliphatic heterocycles. The van der Waals surface area contributed by atoms with Crippen LogP contribution in [0.15, 0.2) is 60.9 Å². The van der Waals surface area contributed by atoms with Gasteiger partial charge in [-0.2, -0.15) is 9.97 Å². The van der Waals surface area contributed by atoms with Crippen LogP contribution in [0.4, 0.5) is 5.82 Å². The number of aliphatic hydroxyl groups excluding tert-OH is 1. The second-order valence-corrected chi connectivity index (χ2v) is 10.9. The minimum Gasteiger partial charge on any atom is -0.388 e. The van der Waals surface area contributed by atoms with Crippen molar-refractivity contribution in [1.82, 2.24) is 29.1 Å². The zero-order valence-electron chi connectivity index (χ0n) is 21.6. The quantitative estimate of drug-likeness (QED) is 0.303. The molecule has 0 aliphatic carbocycles. The molecule has 3 N–H and O–H groups in total. The van der Waals surface area contributed by atoms with Gasteiger partial charge in [0.05, 0.1) is 5.02 Å². The molecule has 40 heavy (non-hydrogen) atoms. The molecular formula is C28H26Cl2N8O2. The lowest BCUT2D eigenvalue weighted by Crippen LogP contribution is -2.45. The number of piperidine rings is 1. The van der Waals surface area contributed by atoms with Crippen molar-refractivity contribution in [3.63, 3.8) is 0 Å². The summed E-state index contributed by atoms with van der Waals surface area (Å²) in [5.41, 5.74) is 7.75. The molecule has 1 aliphatic rings. The number of halogens is 2. The number of aliphatic hydroxyl groups is 1. The van der Waals surface area contributed by atoms with E-state index in [2.05, 4.69) is 9.88 Å². The van der Waals surface area contributed by atoms with E-state index < -0.39 is 5.41 Å². The molecule has 10 nitrogen and oxygen atoms in total. The summed E-state index contributed by atoms with van der Waals surface area (Å²) < 4.78 is 3.57. The Labute approximate surface area is 240 Å². The van der Waals surface area contributed by atoms with Crippen molar-refractivity contribution in [2.75, 3.05) is 18.0 Å². The molecule has 4 heterocycles. The number of nitrogens with zero attached hydrogens (tertiary/aromatic N) is 7. The van der Waals surface area contributed by atoms with Crippen LogP contribution in [0.25, 0.3) is 34.2 Å². The summed E-state index contributed by atoms with van der Waals surface area (Å²) in [5, 5.41) is 11.0. The molecule has 1 saturated heterocycles. The molecule has 0 unspecified atom stereocenters. The second kappa shape index (κ2) is 10.2. The average molecular weight is 577 g/mol. The fourth-order valence-corrected chi connectivity index (χ4v) is 5.36. The number of benzene rings is 2. The van der Waals surface area contributed by atoms with E-state index in [1.807, 2.05) is 47.9 Å². The highest BCUT2D eigenvalue weighted by molar-refractivity contribution is 6.33. The van der Waals surface area contributed by atoms with Gasteiger partial charge in [-0.15, -0.1) is 0 Å². The minimum atomic E-state index is -0.592. The van der Waals surface area contributed by atoms with Gasteiger partial charge in [0.15, 0.2) is 17.0 Å². The summed E-state index contributed by atoms with van der Waals surface area (Å²) in [6.07, 6.45) is 4.44. The summed E-state index contributed by atoms with van der Waals surface area (Å²) in [7, 11) is 0. The molecule has 0 atom stereocenters. The summed E-state index contributed by atoms with van der Waals surface area (Å²) in [6.45, 7) is 2.72. The number of carbonyl (C=O) groups is 1. The van der Waals surface area contributed by atoms with E-state index in [-0.39, 0.29) is 12.5 Å². The van der Waals surface area contributed by atoms with Crippen LogP contribution in [-0.4, -0.2) is 53.2 Å². The molecule has 12 heteroatoms. The third kappa shape index (κ3) is 4.47. The molecule has 6 rings (SSSR count). The predicted octanol–water partition coefficient (Wildman–Crippen LogP) is 4.56. The number of primary amides is 1. The van der Waals surface area contributed by atoms with Crippen molar-refractivity contribution in [3.05, 3.63) is 76.8 Å². The maximum Gasteiger partial charge on any atom is 0.239 e. The van der Waals surface area contributed by atoms with Gasteiger partial charge in [-0.3, -0.25) is 13.9 Å². The standard InChI is InChI=1S/C28H26Cl2N8O2/c1-28(26(31)40)10-13-36(14-11-28)24-22-25(35-27(34-24)37-15-12-32-21(37)16-39)38(18-8-6-17(29)7-9-18)23(33-22)19-4-2-3-5-20(19)30/h2-9,12,15,39H,10-11,13-14,16H2,1H3,(H2,31,40). The number of nitrogens with two attached hydrogens (primary N) is 1. The molecule has 5 aromatic rings. The van der Waals surface area contributed by atoms with Crippen LogP contribution in [0, 0.1) is 5.41 Å². The van der Waals surface area contributed by atoms with Gasteiger partial charge in [-0.05, 0) is 49.2 Å². The van der Waals surface area contributed by atoms with Gasteiger partial charge >= 0.3 is 0 Å². The van der Waals surface area contributed by atoms with Gasteiger partial charge < -0.3 is 15.7 Å². The number of imidazole rings is 2. The van der Waals surface area contributed by atoms with Gasteiger partial charge in [0.25, 0.3) is 0 Å². The van der Waals surface area contributed by atoms with Crippen molar-refractivity contribution >= 4 is 46.1 Å². The van der Waals surface area contributed by atoms with Crippen LogP contribution in [-0.2, 0) is 11.4 Å². The van der Waals surface area contributed by atoms with Gasteiger partial charge in [0, 0.05) is 47.2 Å². The van der Waals surface area contributed by atoms with E-state index in [0.717, 1.165) is 11.3 Å². The molecule has 2 aromatic carbocycles. The van der Waals surface area contributed by atoms with E-state index in [1.165, 1.54) is 0 Å². The first-order valence-corrected chi connectivity index (χ1v) is 13.5. The van der Waals surface area contributed by atoms with E-state index in [1.54, 1.807) is 29.1 Å². The molecule has 3 aromatic heterocycles. The topological polar surface area (TPSA) is 128 Å². The Kier molecular flexibility index (Phi) is 6.69. The Morgan fingerprint density at radius 3 is 2.45 bits per heavy atom. The lowest BCUT2D eigenvalue weighted by molar-refractivity contribution is -0.127. The Morgan fingerprint density at radius 1 is 1.05 bits per heavy atom. The second-order valence-electron chi connectivity index (χ2n) is 10.0. The first-order chi connectivity index (χ1) is 19.3. The first-order valence-electron chi connectivity index (χ1n) is 12.8. The van der Waals surface area contributed by atoms with Crippen molar-refractivity contribution in [3.8, 4) is 23.0 Å². The van der Waals surface area contributed by atoms with Crippen molar-refractivity contribution in [1.29, 1.82) is 0 Å². The van der Waals surface area contributed by atoms with Gasteiger partial charge in [-0.1, -0.05) is 42.3 Å². The highest BCUT2D eigenvalue weighted by Crippen LogP contribution is 2.38. The Bertz CT molecular complexity index is 1720. The minimum absolute atomic E-state index is 0.286. The Balaban J connectivity index is 1.63. The van der Waals surface area contributed by atoms with Crippen molar-refractivity contribution in [2.45, 2.75) is 26.4 Å². The fourth-order valence-electron chi connectivity index (χ4n) is 5.01. The normalized spacial score (nSPS) is 15.1. The van der Waals surface area contributed by atoms with Crippen LogP contribution in [0.3, 0.4) is 0 Å². The number of rotatable bonds is 6. The van der Waals surface area contributed by atoms with Crippen LogP contribution in [0.5, 0.6) is 0 Å². The predicted molar refractivity (Wildman–Crippen MR) is 154 cm³/mol. The average Bonchev–Trinajstić information content (AvgIpc) is 3.59. The lowest BCUT2D eigenvalue weighted by atomic mass is 9.80. The molecule has 204 valence electrons. The zero-order chi connectivity index (χ0) is 28.0. The van der Waals surface area contributed by atoms with E-state index in [4.69, 9.17) is 43.9 Å². The smallest absolute Gasteiger partial charge is 0.239 e. The van der Waals surface area contributed by atoms with E-state index >= 15 is 0 Å². The van der Waals surface area contributed by atoms with Gasteiger partial charge in [-0.25, -0.2) is 9.97 Å². The molecule has 0 bridgehead atoms. The number of hydrogen-bond donors (Lipinski definition) is 2. The van der Waals surface area contributed by atoms with Crippen LogP contribution >= 0.6 is 23.2 Å². The van der Waals surface area contributed by atoms with Gasteiger partial charge in [0.2, 0.25) is 11.9 Å². The summed E-state index contributed by atoms with van der Waals surface area (Å²) >= 11 is 12.9. The molecule has 0 radical (unpaired) electrons. The molecular weight excluding hydrogens is 551 g/mol. The highest BCUT2D eigenvalue weighted by Gasteiger charge is 2.37. The van der Waals surface area contributed by atoms with Crippen LogP contribution in [0.2, 0.25) is 10.0 Å². The zero-order valence-corrected chi connectivity index (χ0v) is 23.1. The Morgan fingerprint density at radius 2 is 1.77 bits per heavy atom. The maximum atomic E-state index is 12.1. The first kappa shape index (κ1) is 26.2.